The largest absolute Gasteiger partial charge is 0.490 e. The summed E-state index contributed by atoms with van der Waals surface area (Å²) in [7, 11) is 0. The minimum absolute atomic E-state index is 0.134. The molecule has 0 N–H and O–H groups in total. The van der Waals surface area contributed by atoms with Crippen molar-refractivity contribution in [2.75, 3.05) is 13.2 Å². The fourth-order valence-electron chi connectivity index (χ4n) is 2.66. The van der Waals surface area contributed by atoms with E-state index in [2.05, 4.69) is 13.8 Å². The molecule has 1 aliphatic heterocycles. The van der Waals surface area contributed by atoms with Crippen molar-refractivity contribution < 1.29 is 14.3 Å². The average molecular weight is 276 g/mol. The highest BCUT2D eigenvalue weighted by atomic mass is 16.5. The molecule has 20 heavy (non-hydrogen) atoms. The molecule has 1 aliphatic rings. The molecule has 0 aliphatic carbocycles. The van der Waals surface area contributed by atoms with Gasteiger partial charge in [-0.1, -0.05) is 26.7 Å². The SMILES string of the molecule is CCCC(CCC)C(=O)c1ccc2c(c1)OCCCO2. The number of ether oxygens (including phenoxy) is 2. The zero-order valence-electron chi connectivity index (χ0n) is 12.5. The van der Waals surface area contributed by atoms with Crippen LogP contribution in [0, 0.1) is 5.92 Å². The topological polar surface area (TPSA) is 35.5 Å². The summed E-state index contributed by atoms with van der Waals surface area (Å²) in [6.45, 7) is 5.58. The van der Waals surface area contributed by atoms with Crippen molar-refractivity contribution in [2.24, 2.45) is 5.92 Å². The predicted octanol–water partition coefficient (Wildman–Crippen LogP) is 4.25. The van der Waals surface area contributed by atoms with E-state index in [1.54, 1.807) is 0 Å². The van der Waals surface area contributed by atoms with E-state index >= 15 is 0 Å². The number of carbonyl (C=O) groups excluding carboxylic acids is 1. The van der Waals surface area contributed by atoms with Crippen LogP contribution in [0.5, 0.6) is 11.5 Å². The Balaban J connectivity index is 2.19. The van der Waals surface area contributed by atoms with E-state index in [-0.39, 0.29) is 11.7 Å². The maximum absolute atomic E-state index is 12.6. The van der Waals surface area contributed by atoms with Crippen molar-refractivity contribution in [2.45, 2.75) is 46.0 Å². The molecule has 0 aromatic heterocycles. The minimum atomic E-state index is 0.134. The highest BCUT2D eigenvalue weighted by molar-refractivity contribution is 5.98. The van der Waals surface area contributed by atoms with E-state index in [0.29, 0.717) is 19.0 Å². The monoisotopic (exact) mass is 276 g/mol. The Morgan fingerprint density at radius 3 is 2.40 bits per heavy atom. The zero-order chi connectivity index (χ0) is 14.4. The number of Topliss-reactive ketones (excluding diaryl/α,β-unsaturated/α-hetero) is 1. The molecule has 3 nitrogen and oxygen atoms in total. The van der Waals surface area contributed by atoms with Gasteiger partial charge in [0.25, 0.3) is 0 Å². The van der Waals surface area contributed by atoms with Crippen LogP contribution in [0.3, 0.4) is 0 Å². The highest BCUT2D eigenvalue weighted by Gasteiger charge is 2.20. The lowest BCUT2D eigenvalue weighted by atomic mass is 9.89. The molecule has 0 radical (unpaired) electrons. The van der Waals surface area contributed by atoms with E-state index in [1.807, 2.05) is 18.2 Å². The third-order valence-electron chi connectivity index (χ3n) is 3.68. The lowest BCUT2D eigenvalue weighted by Gasteiger charge is -2.15. The fourth-order valence-corrected chi connectivity index (χ4v) is 2.66. The van der Waals surface area contributed by atoms with Gasteiger partial charge in [-0.05, 0) is 31.0 Å². The van der Waals surface area contributed by atoms with Gasteiger partial charge in [-0.25, -0.2) is 0 Å². The second kappa shape index (κ2) is 7.32. The molecule has 0 fully saturated rings. The Hall–Kier alpha value is -1.51. The second-order valence-electron chi connectivity index (χ2n) is 5.35. The lowest BCUT2D eigenvalue weighted by molar-refractivity contribution is 0.0904. The molecule has 0 unspecified atom stereocenters. The number of ketones is 1. The van der Waals surface area contributed by atoms with Crippen LogP contribution in [-0.2, 0) is 0 Å². The van der Waals surface area contributed by atoms with Gasteiger partial charge in [0.15, 0.2) is 17.3 Å². The van der Waals surface area contributed by atoms with E-state index < -0.39 is 0 Å². The highest BCUT2D eigenvalue weighted by Crippen LogP contribution is 2.32. The van der Waals surface area contributed by atoms with Crippen molar-refractivity contribution in [3.8, 4) is 11.5 Å². The number of carbonyl (C=O) groups is 1. The van der Waals surface area contributed by atoms with Crippen molar-refractivity contribution in [3.05, 3.63) is 23.8 Å². The Morgan fingerprint density at radius 2 is 1.75 bits per heavy atom. The molecule has 3 heteroatoms. The average Bonchev–Trinajstić information content (AvgIpc) is 2.70. The van der Waals surface area contributed by atoms with Crippen LogP contribution >= 0.6 is 0 Å². The number of hydrogen-bond donors (Lipinski definition) is 0. The maximum atomic E-state index is 12.6. The first-order valence-corrected chi connectivity index (χ1v) is 7.70. The molecule has 1 aromatic rings. The Kier molecular flexibility index (Phi) is 5.45. The van der Waals surface area contributed by atoms with Crippen LogP contribution in [0.15, 0.2) is 18.2 Å². The molecule has 1 heterocycles. The van der Waals surface area contributed by atoms with E-state index in [0.717, 1.165) is 43.4 Å². The van der Waals surface area contributed by atoms with Crippen molar-refractivity contribution in [1.82, 2.24) is 0 Å². The van der Waals surface area contributed by atoms with Gasteiger partial charge in [-0.3, -0.25) is 4.79 Å². The quantitative estimate of drug-likeness (QED) is 0.729. The van der Waals surface area contributed by atoms with Gasteiger partial charge in [0, 0.05) is 17.9 Å². The third kappa shape index (κ3) is 3.53. The Morgan fingerprint density at radius 1 is 1.10 bits per heavy atom. The predicted molar refractivity (Wildman–Crippen MR) is 79.7 cm³/mol. The Bertz CT molecular complexity index is 448. The molecule has 2 rings (SSSR count). The lowest BCUT2D eigenvalue weighted by Crippen LogP contribution is -2.14. The van der Waals surface area contributed by atoms with Gasteiger partial charge in [0.1, 0.15) is 0 Å². The molecule has 0 saturated heterocycles. The van der Waals surface area contributed by atoms with Crippen molar-refractivity contribution in [1.29, 1.82) is 0 Å². The van der Waals surface area contributed by atoms with E-state index in [9.17, 15) is 4.79 Å². The van der Waals surface area contributed by atoms with E-state index in [4.69, 9.17) is 9.47 Å². The van der Waals surface area contributed by atoms with Gasteiger partial charge in [0.2, 0.25) is 0 Å². The molecule has 1 aromatic carbocycles. The smallest absolute Gasteiger partial charge is 0.166 e. The Labute approximate surface area is 121 Å². The maximum Gasteiger partial charge on any atom is 0.166 e. The molecule has 0 amide bonds. The van der Waals surface area contributed by atoms with Gasteiger partial charge < -0.3 is 9.47 Å². The number of hydrogen-bond acceptors (Lipinski definition) is 3. The van der Waals surface area contributed by atoms with Crippen LogP contribution < -0.4 is 9.47 Å². The van der Waals surface area contributed by atoms with Crippen molar-refractivity contribution in [3.63, 3.8) is 0 Å². The second-order valence-corrected chi connectivity index (χ2v) is 5.35. The van der Waals surface area contributed by atoms with Gasteiger partial charge in [0.05, 0.1) is 13.2 Å². The minimum Gasteiger partial charge on any atom is -0.490 e. The molecular formula is C17H24O3. The normalized spacial score (nSPS) is 14.2. The van der Waals surface area contributed by atoms with Crippen LogP contribution in [0.4, 0.5) is 0 Å². The number of benzene rings is 1. The fraction of sp³-hybridized carbons (Fsp3) is 0.588. The molecule has 0 spiro atoms. The summed E-state index contributed by atoms with van der Waals surface area (Å²) < 4.78 is 11.3. The first-order chi connectivity index (χ1) is 9.76. The zero-order valence-corrected chi connectivity index (χ0v) is 12.5. The summed E-state index contributed by atoms with van der Waals surface area (Å²) in [4.78, 5) is 12.6. The van der Waals surface area contributed by atoms with E-state index in [1.165, 1.54) is 0 Å². The number of rotatable bonds is 6. The van der Waals surface area contributed by atoms with Crippen LogP contribution in [-0.4, -0.2) is 19.0 Å². The molecule has 0 bridgehead atoms. The van der Waals surface area contributed by atoms with Gasteiger partial charge >= 0.3 is 0 Å². The summed E-state index contributed by atoms with van der Waals surface area (Å²) in [5, 5.41) is 0. The molecule has 0 saturated carbocycles. The first-order valence-electron chi connectivity index (χ1n) is 7.70. The first kappa shape index (κ1) is 14.9. The van der Waals surface area contributed by atoms with Crippen molar-refractivity contribution >= 4 is 5.78 Å². The van der Waals surface area contributed by atoms with Crippen LogP contribution in [0.1, 0.15) is 56.3 Å². The van der Waals surface area contributed by atoms with Gasteiger partial charge in [-0.15, -0.1) is 0 Å². The van der Waals surface area contributed by atoms with Crippen LogP contribution in [0.2, 0.25) is 0 Å². The number of fused-ring (bicyclic) bond motifs is 1. The van der Waals surface area contributed by atoms with Crippen LogP contribution in [0.25, 0.3) is 0 Å². The molecule has 110 valence electrons. The summed E-state index contributed by atoms with van der Waals surface area (Å²) >= 11 is 0. The van der Waals surface area contributed by atoms with Gasteiger partial charge in [-0.2, -0.15) is 0 Å². The third-order valence-corrected chi connectivity index (χ3v) is 3.68. The summed E-state index contributed by atoms with van der Waals surface area (Å²) in [6.07, 6.45) is 4.89. The standard InChI is InChI=1S/C17H24O3/c1-3-6-13(7-4-2)17(18)14-8-9-15-16(12-14)20-11-5-10-19-15/h8-9,12-13H,3-7,10-11H2,1-2H3. The summed E-state index contributed by atoms with van der Waals surface area (Å²) in [5.74, 6) is 1.83. The molecule has 0 atom stereocenters. The molecular weight excluding hydrogens is 252 g/mol. The summed E-state index contributed by atoms with van der Waals surface area (Å²) in [6, 6.07) is 5.58. The summed E-state index contributed by atoms with van der Waals surface area (Å²) in [5.41, 5.74) is 0.751.